The van der Waals surface area contributed by atoms with Crippen LogP contribution in [0, 0.1) is 11.3 Å². The Morgan fingerprint density at radius 2 is 1.38 bits per heavy atom. The quantitative estimate of drug-likeness (QED) is 0.344. The molecule has 0 spiro atoms. The molecule has 0 aliphatic heterocycles. The molecule has 0 heterocycles. The summed E-state index contributed by atoms with van der Waals surface area (Å²) in [6.07, 6.45) is 4.10. The average molecular weight is 212 g/mol. The van der Waals surface area contributed by atoms with Crippen LogP contribution in [0.1, 0.15) is 39.0 Å². The molecule has 0 unspecified atom stereocenters. The molecule has 1 rings (SSSR count). The molecule has 0 aromatic rings. The fourth-order valence-electron chi connectivity index (χ4n) is 2.10. The molecule has 0 saturated heterocycles. The van der Waals surface area contributed by atoms with Gasteiger partial charge < -0.3 is 19.8 Å². The summed E-state index contributed by atoms with van der Waals surface area (Å²) in [7, 11) is 0. The number of hydrogen-bond acceptors (Lipinski definition) is 4. The Hall–Kier alpha value is 0.135. The van der Waals surface area contributed by atoms with E-state index in [-0.39, 0.29) is 43.6 Å². The number of hydrogen-bond donors (Lipinski definition) is 0. The minimum Gasteiger partial charge on any atom is -0.549 e. The fraction of sp³-hybridized carbons (Fsp3) is 0.800. The Balaban J connectivity index is 0. The number of carbonyl (C=O) groups excluding carboxylic acids is 2. The largest absolute Gasteiger partial charge is 1.00 e. The van der Waals surface area contributed by atoms with Gasteiger partial charge in [-0.1, -0.05) is 19.3 Å². The minimum atomic E-state index is -1.82. The maximum absolute atomic E-state index is 10.8. The summed E-state index contributed by atoms with van der Waals surface area (Å²) in [4.78, 5) is 21.7. The molecule has 1 aliphatic rings. The van der Waals surface area contributed by atoms with Crippen LogP contribution in [0.2, 0.25) is 0 Å². The van der Waals surface area contributed by atoms with Gasteiger partial charge in [-0.15, -0.1) is 0 Å². The number of carbonyl (C=O) groups is 2. The molecule has 0 atom stereocenters. The number of carboxylic acids is 2. The summed E-state index contributed by atoms with van der Waals surface area (Å²) in [6, 6.07) is 0. The van der Waals surface area contributed by atoms with Crippen molar-refractivity contribution in [3.8, 4) is 0 Å². The van der Waals surface area contributed by atoms with Crippen LogP contribution in [-0.4, -0.2) is 11.9 Å². The molecule has 0 aromatic heterocycles. The summed E-state index contributed by atoms with van der Waals surface area (Å²) < 4.78 is 0. The standard InChI is InChI=1S/C10H16O4.2Li/c1-10(8(11)12,9(13)14)7-5-3-2-4-6-7;;/h7H,2-6H2,1H3,(H,11,12)(H,13,14);;/q;2*+1/p-2. The third-order valence-electron chi connectivity index (χ3n) is 3.27. The first kappa shape index (κ1) is 18.5. The van der Waals surface area contributed by atoms with Crippen molar-refractivity contribution < 1.29 is 57.5 Å². The zero-order valence-corrected chi connectivity index (χ0v) is 10.2. The second-order valence-corrected chi connectivity index (χ2v) is 4.11. The molecule has 16 heavy (non-hydrogen) atoms. The normalized spacial score (nSPS) is 16.8. The SMILES string of the molecule is CC(C(=O)[O-])(C(=O)[O-])C1CCCCC1.[Li+].[Li+]. The average Bonchev–Trinajstić information content (AvgIpc) is 2.17. The summed E-state index contributed by atoms with van der Waals surface area (Å²) in [5.74, 6) is -3.39. The summed E-state index contributed by atoms with van der Waals surface area (Å²) in [6.45, 7) is 1.20. The topological polar surface area (TPSA) is 80.3 Å². The Morgan fingerprint density at radius 1 is 1.00 bits per heavy atom. The monoisotopic (exact) mass is 212 g/mol. The molecule has 1 aliphatic carbocycles. The first-order valence-corrected chi connectivity index (χ1v) is 4.92. The fourth-order valence-corrected chi connectivity index (χ4v) is 2.10. The van der Waals surface area contributed by atoms with E-state index in [0.717, 1.165) is 19.3 Å². The van der Waals surface area contributed by atoms with Gasteiger partial charge in [0.1, 0.15) is 0 Å². The third kappa shape index (κ3) is 3.57. The van der Waals surface area contributed by atoms with Crippen molar-refractivity contribution in [3.63, 3.8) is 0 Å². The van der Waals surface area contributed by atoms with Crippen molar-refractivity contribution in [1.82, 2.24) is 0 Å². The molecule has 0 radical (unpaired) electrons. The van der Waals surface area contributed by atoms with Gasteiger partial charge in [-0.2, -0.15) is 0 Å². The van der Waals surface area contributed by atoms with E-state index in [1.807, 2.05) is 0 Å². The van der Waals surface area contributed by atoms with Gasteiger partial charge in [0.2, 0.25) is 0 Å². The van der Waals surface area contributed by atoms with Crippen LogP contribution in [0.5, 0.6) is 0 Å². The second kappa shape index (κ2) is 7.46. The van der Waals surface area contributed by atoms with Gasteiger partial charge in [0.25, 0.3) is 0 Å². The predicted octanol–water partition coefficient (Wildman–Crippen LogP) is -6.92. The first-order chi connectivity index (χ1) is 6.49. The second-order valence-electron chi connectivity index (χ2n) is 4.11. The predicted molar refractivity (Wildman–Crippen MR) is 44.7 cm³/mol. The van der Waals surface area contributed by atoms with E-state index in [4.69, 9.17) is 0 Å². The molecule has 1 fully saturated rings. The molecule has 80 valence electrons. The number of carboxylic acid groups (broad SMARTS) is 2. The Labute approximate surface area is 120 Å². The third-order valence-corrected chi connectivity index (χ3v) is 3.27. The smallest absolute Gasteiger partial charge is 0.549 e. The maximum Gasteiger partial charge on any atom is 1.00 e. The van der Waals surface area contributed by atoms with Crippen molar-refractivity contribution in [1.29, 1.82) is 0 Å². The van der Waals surface area contributed by atoms with Gasteiger partial charge in [0.15, 0.2) is 0 Å². The number of aliphatic carboxylic acids is 2. The summed E-state index contributed by atoms with van der Waals surface area (Å²) in [5.41, 5.74) is -1.82. The van der Waals surface area contributed by atoms with Crippen molar-refractivity contribution in [2.75, 3.05) is 0 Å². The maximum atomic E-state index is 10.8. The van der Waals surface area contributed by atoms with Gasteiger partial charge in [0.05, 0.1) is 11.9 Å². The zero-order chi connectivity index (χ0) is 10.8. The van der Waals surface area contributed by atoms with Crippen molar-refractivity contribution in [3.05, 3.63) is 0 Å². The van der Waals surface area contributed by atoms with E-state index in [2.05, 4.69) is 0 Å². The zero-order valence-electron chi connectivity index (χ0n) is 10.2. The molecular weight excluding hydrogens is 198 g/mol. The van der Waals surface area contributed by atoms with Crippen molar-refractivity contribution in [2.45, 2.75) is 39.0 Å². The van der Waals surface area contributed by atoms with E-state index >= 15 is 0 Å². The van der Waals surface area contributed by atoms with E-state index in [9.17, 15) is 19.8 Å². The van der Waals surface area contributed by atoms with Gasteiger partial charge in [-0.05, 0) is 25.7 Å². The molecular formula is C10H14Li2O4. The molecule has 1 saturated carbocycles. The summed E-state index contributed by atoms with van der Waals surface area (Å²) in [5, 5.41) is 21.7. The van der Waals surface area contributed by atoms with Gasteiger partial charge in [-0.3, -0.25) is 0 Å². The van der Waals surface area contributed by atoms with E-state index in [0.29, 0.717) is 12.8 Å². The van der Waals surface area contributed by atoms with Gasteiger partial charge in [-0.25, -0.2) is 0 Å². The Bertz CT molecular complexity index is 235. The molecule has 0 N–H and O–H groups in total. The van der Waals surface area contributed by atoms with Crippen LogP contribution in [0.15, 0.2) is 0 Å². The molecule has 0 aromatic carbocycles. The van der Waals surface area contributed by atoms with Crippen molar-refractivity contribution in [2.24, 2.45) is 11.3 Å². The first-order valence-electron chi connectivity index (χ1n) is 4.92. The summed E-state index contributed by atoms with van der Waals surface area (Å²) >= 11 is 0. The van der Waals surface area contributed by atoms with Crippen LogP contribution in [0.4, 0.5) is 0 Å². The van der Waals surface area contributed by atoms with E-state index in [1.165, 1.54) is 6.92 Å². The molecule has 4 nitrogen and oxygen atoms in total. The van der Waals surface area contributed by atoms with Crippen LogP contribution in [0.3, 0.4) is 0 Å². The van der Waals surface area contributed by atoms with E-state index in [1.54, 1.807) is 0 Å². The van der Waals surface area contributed by atoms with Crippen LogP contribution in [0.25, 0.3) is 0 Å². The Kier molecular flexibility index (Phi) is 8.62. The number of rotatable bonds is 3. The Morgan fingerprint density at radius 3 is 1.69 bits per heavy atom. The molecule has 6 heteroatoms. The van der Waals surface area contributed by atoms with E-state index < -0.39 is 17.4 Å². The van der Waals surface area contributed by atoms with Crippen LogP contribution in [-0.2, 0) is 9.59 Å². The minimum absolute atomic E-state index is 0. The van der Waals surface area contributed by atoms with Crippen LogP contribution < -0.4 is 47.9 Å². The van der Waals surface area contributed by atoms with Gasteiger partial charge in [0, 0.05) is 5.41 Å². The molecule has 0 amide bonds. The van der Waals surface area contributed by atoms with Crippen LogP contribution >= 0.6 is 0 Å². The van der Waals surface area contributed by atoms with Crippen molar-refractivity contribution >= 4 is 11.9 Å². The van der Waals surface area contributed by atoms with Gasteiger partial charge >= 0.3 is 37.7 Å². The molecule has 0 bridgehead atoms.